The quantitative estimate of drug-likeness (QED) is 0.515. The molecule has 9 nitrogen and oxygen atoms in total. The molecule has 0 radical (unpaired) electrons. The molecule has 1 atom stereocenters. The van der Waals surface area contributed by atoms with E-state index in [4.69, 9.17) is 5.11 Å². The number of thioether (sulfide) groups is 2. The molecule has 0 spiro atoms. The van der Waals surface area contributed by atoms with Crippen LogP contribution in [0.15, 0.2) is 16.4 Å². The zero-order valence-electron chi connectivity index (χ0n) is 11.4. The first-order valence-corrected chi connectivity index (χ1v) is 8.54. The lowest BCUT2D eigenvalue weighted by atomic mass is 10.1. The molecule has 0 aliphatic carbocycles. The minimum atomic E-state index is -1.08. The summed E-state index contributed by atoms with van der Waals surface area (Å²) in [5.74, 6) is -0.271. The van der Waals surface area contributed by atoms with Gasteiger partial charge in [-0.15, -0.1) is 16.9 Å². The number of carbonyl (C=O) groups is 2. The third-order valence-electron chi connectivity index (χ3n) is 3.32. The Bertz CT molecular complexity index is 646. The van der Waals surface area contributed by atoms with E-state index in [1.165, 1.54) is 21.3 Å². The topological polar surface area (TPSA) is 121 Å². The summed E-state index contributed by atoms with van der Waals surface area (Å²) in [7, 11) is 0. The Hall–Kier alpha value is -1.59. The van der Waals surface area contributed by atoms with Crippen molar-refractivity contribution in [2.45, 2.75) is 23.5 Å². The number of aromatic nitrogens is 4. The number of rotatable bonds is 6. The maximum Gasteiger partial charge on any atom is 0.352 e. The van der Waals surface area contributed by atoms with E-state index in [9.17, 15) is 14.7 Å². The summed E-state index contributed by atoms with van der Waals surface area (Å²) in [6.45, 7) is 0.198. The van der Waals surface area contributed by atoms with Crippen LogP contribution in [0, 0.1) is 0 Å². The van der Waals surface area contributed by atoms with E-state index in [0.29, 0.717) is 28.7 Å². The van der Waals surface area contributed by atoms with Gasteiger partial charge in [0.2, 0.25) is 11.1 Å². The minimum absolute atomic E-state index is 0.0490. The SMILES string of the molecule is O=C(O)C1=C(CSc2nnnn2CCO)CSC2CC(=O)N12. The van der Waals surface area contributed by atoms with Crippen molar-refractivity contribution in [1.29, 1.82) is 0 Å². The lowest BCUT2D eigenvalue weighted by molar-refractivity contribution is -0.146. The number of carboxylic acids is 1. The number of aliphatic hydroxyl groups excluding tert-OH is 1. The van der Waals surface area contributed by atoms with E-state index >= 15 is 0 Å². The number of β-lactam (4-membered cyclic amide) rings is 1. The van der Waals surface area contributed by atoms with Crippen LogP contribution in [-0.2, 0) is 16.1 Å². The van der Waals surface area contributed by atoms with Gasteiger partial charge in [0.15, 0.2) is 0 Å². The zero-order chi connectivity index (χ0) is 15.7. The van der Waals surface area contributed by atoms with Crippen molar-refractivity contribution in [2.24, 2.45) is 0 Å². The molecule has 11 heteroatoms. The van der Waals surface area contributed by atoms with Gasteiger partial charge in [0, 0.05) is 11.5 Å². The second-order valence-corrected chi connectivity index (χ2v) is 6.80. The third kappa shape index (κ3) is 2.71. The van der Waals surface area contributed by atoms with E-state index in [-0.39, 0.29) is 30.1 Å². The lowest BCUT2D eigenvalue weighted by Gasteiger charge is -2.43. The van der Waals surface area contributed by atoms with Gasteiger partial charge in [0.25, 0.3) is 0 Å². The third-order valence-corrected chi connectivity index (χ3v) is 5.64. The maximum atomic E-state index is 11.6. The van der Waals surface area contributed by atoms with Crippen LogP contribution >= 0.6 is 23.5 Å². The van der Waals surface area contributed by atoms with Crippen molar-refractivity contribution in [2.75, 3.05) is 18.1 Å². The summed E-state index contributed by atoms with van der Waals surface area (Å²) in [5, 5.41) is 29.9. The number of hydrogen-bond acceptors (Lipinski definition) is 8. The van der Waals surface area contributed by atoms with Crippen molar-refractivity contribution in [3.63, 3.8) is 0 Å². The predicted octanol–water partition coefficient (Wildman–Crippen LogP) is -0.599. The number of tetrazole rings is 1. The number of fused-ring (bicyclic) bond motifs is 1. The van der Waals surface area contributed by atoms with Crippen molar-refractivity contribution in [3.05, 3.63) is 11.3 Å². The Labute approximate surface area is 133 Å². The molecule has 0 saturated carbocycles. The second-order valence-electron chi connectivity index (χ2n) is 4.69. The van der Waals surface area contributed by atoms with Gasteiger partial charge in [-0.3, -0.25) is 9.69 Å². The summed E-state index contributed by atoms with van der Waals surface area (Å²) >= 11 is 2.86. The van der Waals surface area contributed by atoms with Crippen molar-refractivity contribution < 1.29 is 19.8 Å². The van der Waals surface area contributed by atoms with E-state index < -0.39 is 5.97 Å². The van der Waals surface area contributed by atoms with Crippen LogP contribution in [0.5, 0.6) is 0 Å². The van der Waals surface area contributed by atoms with E-state index in [1.807, 2.05) is 0 Å². The molecule has 2 aliphatic heterocycles. The molecule has 2 aliphatic rings. The maximum absolute atomic E-state index is 11.6. The van der Waals surface area contributed by atoms with Crippen LogP contribution in [0.1, 0.15) is 6.42 Å². The number of aliphatic hydroxyl groups is 1. The molecule has 118 valence electrons. The highest BCUT2D eigenvalue weighted by Crippen LogP contribution is 2.40. The van der Waals surface area contributed by atoms with Crippen LogP contribution < -0.4 is 0 Å². The highest BCUT2D eigenvalue weighted by atomic mass is 32.2. The van der Waals surface area contributed by atoms with Crippen LogP contribution in [0.2, 0.25) is 0 Å². The molecule has 0 bridgehead atoms. The largest absolute Gasteiger partial charge is 0.477 e. The molecule has 2 N–H and O–H groups in total. The monoisotopic (exact) mass is 343 g/mol. The van der Waals surface area contributed by atoms with Crippen LogP contribution in [0.4, 0.5) is 0 Å². The van der Waals surface area contributed by atoms with Crippen molar-refractivity contribution in [1.82, 2.24) is 25.1 Å². The second kappa shape index (κ2) is 6.26. The fraction of sp³-hybridized carbons (Fsp3) is 0.545. The Balaban J connectivity index is 1.77. The fourth-order valence-electron chi connectivity index (χ4n) is 2.28. The standard InChI is InChI=1S/C11H13N5O4S2/c17-2-1-15-11(12-13-14-15)22-5-6-4-21-8-3-7(18)16(8)9(6)10(19)20/h8,17H,1-5H2,(H,19,20). The van der Waals surface area contributed by atoms with E-state index in [0.717, 1.165) is 0 Å². The van der Waals surface area contributed by atoms with Gasteiger partial charge < -0.3 is 10.2 Å². The molecule has 1 unspecified atom stereocenters. The summed E-state index contributed by atoms with van der Waals surface area (Å²) in [6, 6.07) is 0. The molecular weight excluding hydrogens is 330 g/mol. The molecular formula is C11H13N5O4S2. The predicted molar refractivity (Wildman–Crippen MR) is 78.0 cm³/mol. The van der Waals surface area contributed by atoms with Gasteiger partial charge in [-0.05, 0) is 16.0 Å². The fourth-order valence-corrected chi connectivity index (χ4v) is 4.58. The molecule has 1 aromatic heterocycles. The first kappa shape index (κ1) is 15.3. The zero-order valence-corrected chi connectivity index (χ0v) is 13.0. The minimum Gasteiger partial charge on any atom is -0.477 e. The van der Waals surface area contributed by atoms with Crippen LogP contribution in [0.25, 0.3) is 0 Å². The molecule has 3 rings (SSSR count). The number of nitrogens with zero attached hydrogens (tertiary/aromatic N) is 5. The normalized spacial score (nSPS) is 20.9. The Morgan fingerprint density at radius 3 is 3.00 bits per heavy atom. The van der Waals surface area contributed by atoms with Gasteiger partial charge in [0.1, 0.15) is 5.70 Å². The number of carboxylic acid groups (broad SMARTS) is 1. The highest BCUT2D eigenvalue weighted by molar-refractivity contribution is 8.00. The van der Waals surface area contributed by atoms with Crippen molar-refractivity contribution in [3.8, 4) is 0 Å². The molecule has 1 saturated heterocycles. The Morgan fingerprint density at radius 1 is 1.50 bits per heavy atom. The molecule has 1 fully saturated rings. The average molecular weight is 343 g/mol. The first-order valence-electron chi connectivity index (χ1n) is 6.50. The average Bonchev–Trinajstić information content (AvgIpc) is 2.91. The Morgan fingerprint density at radius 2 is 2.32 bits per heavy atom. The van der Waals surface area contributed by atoms with Crippen molar-refractivity contribution >= 4 is 35.4 Å². The van der Waals surface area contributed by atoms with E-state index in [2.05, 4.69) is 15.5 Å². The van der Waals surface area contributed by atoms with Gasteiger partial charge in [0.05, 0.1) is 24.9 Å². The summed E-state index contributed by atoms with van der Waals surface area (Å²) in [5.41, 5.74) is 0.777. The number of amides is 1. The smallest absolute Gasteiger partial charge is 0.352 e. The lowest BCUT2D eigenvalue weighted by Crippen LogP contribution is -2.54. The number of aliphatic carboxylic acids is 1. The molecule has 1 amide bonds. The van der Waals surface area contributed by atoms with Crippen LogP contribution in [0.3, 0.4) is 0 Å². The molecule has 22 heavy (non-hydrogen) atoms. The molecule has 3 heterocycles. The molecule has 1 aromatic rings. The summed E-state index contributed by atoms with van der Waals surface area (Å²) < 4.78 is 1.46. The van der Waals surface area contributed by atoms with Gasteiger partial charge in [-0.25, -0.2) is 9.48 Å². The number of hydrogen-bond donors (Lipinski definition) is 2. The summed E-state index contributed by atoms with van der Waals surface area (Å²) in [4.78, 5) is 24.5. The Kier molecular flexibility index (Phi) is 4.36. The van der Waals surface area contributed by atoms with Gasteiger partial charge >= 0.3 is 5.97 Å². The van der Waals surface area contributed by atoms with Gasteiger partial charge in [-0.1, -0.05) is 11.8 Å². The van der Waals surface area contributed by atoms with E-state index in [1.54, 1.807) is 11.8 Å². The van der Waals surface area contributed by atoms with Gasteiger partial charge in [-0.2, -0.15) is 0 Å². The summed E-state index contributed by atoms with van der Waals surface area (Å²) in [6.07, 6.45) is 0.399. The van der Waals surface area contributed by atoms with Crippen LogP contribution in [-0.4, -0.2) is 70.7 Å². The number of carbonyl (C=O) groups excluding carboxylic acids is 1. The molecule has 0 aromatic carbocycles. The first-order chi connectivity index (χ1) is 10.6. The highest BCUT2D eigenvalue weighted by Gasteiger charge is 2.45.